The number of carbonyl (C=O) groups is 4. The van der Waals surface area contributed by atoms with Gasteiger partial charge < -0.3 is 39.9 Å². The molecule has 64 heavy (non-hydrogen) atoms. The lowest BCUT2D eigenvalue weighted by Gasteiger charge is -2.44. The van der Waals surface area contributed by atoms with Gasteiger partial charge in [0.25, 0.3) is 0 Å². The third-order valence-electron chi connectivity index (χ3n) is 15.0. The van der Waals surface area contributed by atoms with Crippen LogP contribution in [0.3, 0.4) is 0 Å². The van der Waals surface area contributed by atoms with Crippen molar-refractivity contribution >= 4 is 45.5 Å². The van der Waals surface area contributed by atoms with Crippen LogP contribution < -0.4 is 21.3 Å². The van der Waals surface area contributed by atoms with E-state index in [1.807, 2.05) is 36.0 Å². The Kier molecular flexibility index (Phi) is 8.41. The van der Waals surface area contributed by atoms with Crippen LogP contribution in [0.4, 0.5) is 9.59 Å². The van der Waals surface area contributed by atoms with Gasteiger partial charge in [0, 0.05) is 47.4 Å². The number of benzene rings is 4. The molecule has 2 saturated carbocycles. The van der Waals surface area contributed by atoms with Crippen LogP contribution in [0.5, 0.6) is 0 Å². The molecule has 12 rings (SSSR count). The number of H-pyrrole nitrogens is 2. The number of imidazole rings is 2. The zero-order chi connectivity index (χ0) is 43.8. The summed E-state index contributed by atoms with van der Waals surface area (Å²) in [5, 5.41) is 17.1. The van der Waals surface area contributed by atoms with Crippen molar-refractivity contribution < 1.29 is 28.7 Å². The summed E-state index contributed by atoms with van der Waals surface area (Å²) in [6.45, 7) is 3.85. The monoisotopic (exact) mass is 860 g/mol. The molecule has 0 bridgehead atoms. The highest BCUT2D eigenvalue weighted by atomic mass is 16.5. The average Bonchev–Trinajstić information content (AvgIpc) is 3.74. The number of methoxy groups -OCH3 is 2. The summed E-state index contributed by atoms with van der Waals surface area (Å²) in [7, 11) is 2.59. The molecule has 6 heterocycles. The fourth-order valence-electron chi connectivity index (χ4n) is 11.7. The Morgan fingerprint density at radius 2 is 0.984 bits per heavy atom. The summed E-state index contributed by atoms with van der Waals surface area (Å²) in [6.07, 6.45) is 5.95. The first-order valence-corrected chi connectivity index (χ1v) is 22.1. The molecule has 2 aliphatic carbocycles. The first-order valence-electron chi connectivity index (χ1n) is 22.1. The van der Waals surface area contributed by atoms with Gasteiger partial charge in [-0.3, -0.25) is 20.2 Å². The Balaban J connectivity index is 0.749. The van der Waals surface area contributed by atoms with Crippen LogP contribution in [-0.4, -0.2) is 103 Å². The maximum atomic E-state index is 13.8. The minimum absolute atomic E-state index is 0.118. The van der Waals surface area contributed by atoms with Crippen LogP contribution in [0.1, 0.15) is 63.3 Å². The first-order chi connectivity index (χ1) is 31.0. The molecule has 10 atom stereocenters. The molecule has 16 nitrogen and oxygen atoms in total. The van der Waals surface area contributed by atoms with Gasteiger partial charge in [-0.15, -0.1) is 0 Å². The number of fused-ring (bicyclic) bond motifs is 2. The van der Waals surface area contributed by atoms with E-state index < -0.39 is 35.6 Å². The van der Waals surface area contributed by atoms with Crippen molar-refractivity contribution in [1.82, 2.24) is 51.0 Å². The van der Waals surface area contributed by atoms with Gasteiger partial charge in [-0.05, 0) is 96.5 Å². The lowest BCUT2D eigenvalue weighted by Crippen LogP contribution is -2.69. The number of alkyl carbamates (subject to hydrolysis) is 2. The molecule has 2 spiro atoms. The summed E-state index contributed by atoms with van der Waals surface area (Å²) in [4.78, 5) is 72.4. The Morgan fingerprint density at radius 1 is 0.609 bits per heavy atom. The lowest BCUT2D eigenvalue weighted by molar-refractivity contribution is -0.145. The molecule has 16 heteroatoms. The third-order valence-corrected chi connectivity index (χ3v) is 15.0. The molecule has 326 valence electrons. The molecular weight excluding hydrogens is 813 g/mol. The minimum Gasteiger partial charge on any atom is -0.453 e. The number of ether oxygens (including phenoxy) is 2. The molecule has 6 aromatic rings. The van der Waals surface area contributed by atoms with E-state index in [2.05, 4.69) is 104 Å². The van der Waals surface area contributed by atoms with Crippen molar-refractivity contribution in [3.05, 3.63) is 96.8 Å². The van der Waals surface area contributed by atoms with Crippen molar-refractivity contribution in [1.29, 1.82) is 0 Å². The summed E-state index contributed by atoms with van der Waals surface area (Å²) < 4.78 is 9.61. The number of hydrogen-bond acceptors (Lipinski definition) is 10. The van der Waals surface area contributed by atoms with Crippen molar-refractivity contribution in [2.24, 2.45) is 11.8 Å². The Bertz CT molecular complexity index is 2770. The number of piperidine rings is 2. The highest BCUT2D eigenvalue weighted by Gasteiger charge is 2.72. The van der Waals surface area contributed by atoms with Crippen LogP contribution >= 0.6 is 0 Å². The average molecular weight is 861 g/mol. The number of amides is 4. The predicted octanol–water partition coefficient (Wildman–Crippen LogP) is 5.85. The fraction of sp³-hybridized carbons (Fsp3) is 0.375. The highest BCUT2D eigenvalue weighted by Crippen LogP contribution is 2.63. The highest BCUT2D eigenvalue weighted by molar-refractivity contribution is 5.94. The topological polar surface area (TPSA) is 199 Å². The zero-order valence-electron chi connectivity index (χ0n) is 35.8. The SMILES string of the molecule is COC(=O)N[C@@H]1C(=O)N2[C@H](c3nc(-c4ccc5cc(-c6ccc7cc(-c8c[nH]c([C@@H]9C[C@H]%10C[C@]%10%11NC(C)[C@H](NC(=O)OC)C(=O)N9%11)n8)ccc7c6)ccc5c4)c[nH]3)C[C@H]3C[C@]32NC1C. The van der Waals surface area contributed by atoms with E-state index in [9.17, 15) is 19.2 Å². The van der Waals surface area contributed by atoms with Gasteiger partial charge in [0.05, 0.1) is 49.0 Å². The van der Waals surface area contributed by atoms with Gasteiger partial charge >= 0.3 is 12.2 Å². The number of nitrogens with zero attached hydrogens (tertiary/aromatic N) is 4. The molecule has 4 aromatic carbocycles. The molecule has 6 fully saturated rings. The molecule has 0 radical (unpaired) electrons. The number of rotatable bonds is 7. The van der Waals surface area contributed by atoms with Gasteiger partial charge in [0.1, 0.15) is 23.7 Å². The third kappa shape index (κ3) is 5.81. The summed E-state index contributed by atoms with van der Waals surface area (Å²) >= 11 is 0. The molecule has 4 saturated heterocycles. The standard InChI is InChI=1S/C48H48N10O6/c1-23-39(53-45(61)63-3)43(59)57-37(17-33-19-47(33,57)55-23)41-49-21-35(51-41)31-11-9-27-13-25(5-7-29(27)15-31)26-6-8-30-16-32(12-10-28(30)14-26)36-22-50-42(52-36)38-18-34-20-48(34)56-24(2)40(44(60)58(38)48)54-46(62)64-4/h5-16,21-24,33-34,37-40,55-56H,17-20H2,1-4H3,(H,49,51)(H,50,52)(H,53,61)(H,54,62)/t23?,24?,33-,34-,37-,38-,39-,40-,47+,48+/m0/s1. The summed E-state index contributed by atoms with van der Waals surface area (Å²) in [6, 6.07) is 23.4. The predicted molar refractivity (Wildman–Crippen MR) is 236 cm³/mol. The maximum absolute atomic E-state index is 13.8. The molecule has 4 aliphatic heterocycles. The second-order valence-corrected chi connectivity index (χ2v) is 18.6. The van der Waals surface area contributed by atoms with E-state index in [1.165, 1.54) is 14.2 Å². The van der Waals surface area contributed by atoms with E-state index in [0.29, 0.717) is 11.8 Å². The number of aromatic nitrogens is 4. The van der Waals surface area contributed by atoms with E-state index in [1.54, 1.807) is 0 Å². The van der Waals surface area contributed by atoms with Crippen molar-refractivity contribution in [3.8, 4) is 33.6 Å². The van der Waals surface area contributed by atoms with E-state index >= 15 is 0 Å². The molecule has 6 N–H and O–H groups in total. The Labute approximate surface area is 367 Å². The fourth-order valence-corrected chi connectivity index (χ4v) is 11.7. The first kappa shape index (κ1) is 38.9. The van der Waals surface area contributed by atoms with Gasteiger partial charge in [-0.1, -0.05) is 48.5 Å². The van der Waals surface area contributed by atoms with E-state index in [4.69, 9.17) is 19.4 Å². The second-order valence-electron chi connectivity index (χ2n) is 18.6. The van der Waals surface area contributed by atoms with Gasteiger partial charge in [-0.2, -0.15) is 0 Å². The van der Waals surface area contributed by atoms with E-state index in [-0.39, 0.29) is 36.0 Å². The van der Waals surface area contributed by atoms with Gasteiger partial charge in [-0.25, -0.2) is 19.6 Å². The molecule has 2 unspecified atom stereocenters. The minimum atomic E-state index is -0.728. The molecule has 2 aromatic heterocycles. The quantitative estimate of drug-likeness (QED) is 0.113. The number of nitrogens with one attached hydrogen (secondary N) is 6. The van der Waals surface area contributed by atoms with Crippen molar-refractivity contribution in [2.75, 3.05) is 14.2 Å². The van der Waals surface area contributed by atoms with Crippen molar-refractivity contribution in [3.63, 3.8) is 0 Å². The molecular formula is C48H48N10O6. The second kappa shape index (κ2) is 13.9. The zero-order valence-corrected chi connectivity index (χ0v) is 35.8. The number of hydrogen-bond donors (Lipinski definition) is 6. The van der Waals surface area contributed by atoms with Crippen LogP contribution in [0.15, 0.2) is 85.2 Å². The lowest BCUT2D eigenvalue weighted by atomic mass is 9.97. The largest absolute Gasteiger partial charge is 0.453 e. The van der Waals surface area contributed by atoms with Crippen molar-refractivity contribution in [2.45, 2.75) is 87.1 Å². The summed E-state index contributed by atoms with van der Waals surface area (Å²) in [5.41, 5.74) is 5.01. The van der Waals surface area contributed by atoms with Crippen LogP contribution in [-0.2, 0) is 19.1 Å². The molecule has 4 amide bonds. The Hall–Kier alpha value is -6.78. The smallest absolute Gasteiger partial charge is 0.407 e. The normalized spacial score (nSPS) is 31.0. The van der Waals surface area contributed by atoms with Gasteiger partial charge in [0.15, 0.2) is 0 Å². The number of aromatic amines is 2. The Morgan fingerprint density at radius 3 is 1.38 bits per heavy atom. The van der Waals surface area contributed by atoms with Crippen LogP contribution in [0, 0.1) is 11.8 Å². The molecule has 6 aliphatic rings. The van der Waals surface area contributed by atoms with Crippen LogP contribution in [0.25, 0.3) is 55.2 Å². The number of carbonyl (C=O) groups excluding carboxylic acids is 4. The maximum Gasteiger partial charge on any atom is 0.407 e. The summed E-state index contributed by atoms with van der Waals surface area (Å²) in [5.74, 6) is 1.92. The van der Waals surface area contributed by atoms with Crippen LogP contribution in [0.2, 0.25) is 0 Å². The van der Waals surface area contributed by atoms with Gasteiger partial charge in [0.2, 0.25) is 11.8 Å². The van der Waals surface area contributed by atoms with E-state index in [0.717, 1.165) is 92.5 Å².